The van der Waals surface area contributed by atoms with Crippen molar-refractivity contribution in [2.24, 2.45) is 4.99 Å². The molecule has 0 saturated carbocycles. The average Bonchev–Trinajstić information content (AvgIpc) is 3.35. The van der Waals surface area contributed by atoms with Crippen LogP contribution in [-0.2, 0) is 19.5 Å². The summed E-state index contributed by atoms with van der Waals surface area (Å²) in [5.41, 5.74) is 1.05. The van der Waals surface area contributed by atoms with Gasteiger partial charge in [-0.3, -0.25) is 4.57 Å². The molecule has 0 aliphatic heterocycles. The van der Waals surface area contributed by atoms with Gasteiger partial charge in [-0.1, -0.05) is 13.0 Å². The van der Waals surface area contributed by atoms with Crippen LogP contribution in [0.2, 0.25) is 0 Å². The molecule has 10 heteroatoms. The summed E-state index contributed by atoms with van der Waals surface area (Å²) >= 11 is 0. The van der Waals surface area contributed by atoms with Gasteiger partial charge in [0.1, 0.15) is 23.8 Å². The van der Waals surface area contributed by atoms with Crippen molar-refractivity contribution in [3.05, 3.63) is 54.3 Å². The Morgan fingerprint density at radius 1 is 1.17 bits per heavy atom. The number of imidazole rings is 1. The molecule has 3 rings (SSSR count). The molecule has 3 heterocycles. The van der Waals surface area contributed by atoms with Gasteiger partial charge in [-0.2, -0.15) is 0 Å². The van der Waals surface area contributed by atoms with Gasteiger partial charge in [0.15, 0.2) is 5.96 Å². The second-order valence-corrected chi connectivity index (χ2v) is 6.29. The fourth-order valence-electron chi connectivity index (χ4n) is 2.82. The van der Waals surface area contributed by atoms with Crippen LogP contribution in [0.5, 0.6) is 0 Å². The molecule has 0 spiro atoms. The number of guanidine groups is 1. The van der Waals surface area contributed by atoms with E-state index in [2.05, 4.69) is 54.2 Å². The van der Waals surface area contributed by atoms with Gasteiger partial charge in [0, 0.05) is 44.6 Å². The first-order valence-corrected chi connectivity index (χ1v) is 9.55. The molecule has 156 valence electrons. The zero-order valence-corrected chi connectivity index (χ0v) is 19.4. The highest BCUT2D eigenvalue weighted by Gasteiger charge is 2.04. The molecule has 3 aromatic rings. The summed E-state index contributed by atoms with van der Waals surface area (Å²) in [5.74, 6) is 3.54. The van der Waals surface area contributed by atoms with Crippen molar-refractivity contribution in [3.63, 3.8) is 0 Å². The van der Waals surface area contributed by atoms with Crippen molar-refractivity contribution in [3.8, 4) is 5.82 Å². The van der Waals surface area contributed by atoms with Gasteiger partial charge >= 0.3 is 0 Å². The second-order valence-electron chi connectivity index (χ2n) is 6.29. The Bertz CT molecular complexity index is 899. The predicted octanol–water partition coefficient (Wildman–Crippen LogP) is 2.10. The number of halogens is 1. The first-order valence-electron chi connectivity index (χ1n) is 9.55. The van der Waals surface area contributed by atoms with Crippen molar-refractivity contribution in [1.29, 1.82) is 0 Å². The van der Waals surface area contributed by atoms with Crippen LogP contribution >= 0.6 is 24.0 Å². The van der Waals surface area contributed by atoms with Crippen LogP contribution in [0.25, 0.3) is 5.82 Å². The summed E-state index contributed by atoms with van der Waals surface area (Å²) in [7, 11) is 0. The molecule has 0 saturated heterocycles. The minimum absolute atomic E-state index is 0. The van der Waals surface area contributed by atoms with E-state index in [4.69, 9.17) is 0 Å². The fourth-order valence-corrected chi connectivity index (χ4v) is 2.82. The topological polar surface area (TPSA) is 97.8 Å². The summed E-state index contributed by atoms with van der Waals surface area (Å²) in [6.45, 7) is 8.98. The largest absolute Gasteiger partial charge is 0.357 e. The Morgan fingerprint density at radius 3 is 2.69 bits per heavy atom. The third kappa shape index (κ3) is 6.24. The second kappa shape index (κ2) is 11.5. The SMILES string of the molecule is CCNC(=NCc1ccc(-n2ccnc2C)nc1)NCCn1cnnc1CC.I. The summed E-state index contributed by atoms with van der Waals surface area (Å²) in [6.07, 6.45) is 8.16. The van der Waals surface area contributed by atoms with E-state index in [1.54, 1.807) is 12.5 Å². The highest BCUT2D eigenvalue weighted by atomic mass is 127. The number of aliphatic imine (C=N–C) groups is 1. The van der Waals surface area contributed by atoms with Crippen molar-refractivity contribution >= 4 is 29.9 Å². The molecule has 0 unspecified atom stereocenters. The Balaban J connectivity index is 0.00000300. The molecule has 2 N–H and O–H groups in total. The van der Waals surface area contributed by atoms with Crippen LogP contribution in [0.4, 0.5) is 0 Å². The van der Waals surface area contributed by atoms with Gasteiger partial charge in [-0.15, -0.1) is 34.2 Å². The lowest BCUT2D eigenvalue weighted by molar-refractivity contribution is 0.632. The summed E-state index contributed by atoms with van der Waals surface area (Å²) < 4.78 is 4.01. The molecule has 0 amide bonds. The first kappa shape index (κ1) is 22.8. The minimum atomic E-state index is 0. The maximum atomic E-state index is 4.65. The number of rotatable bonds is 8. The third-order valence-corrected chi connectivity index (χ3v) is 4.30. The van der Waals surface area contributed by atoms with Gasteiger partial charge in [-0.25, -0.2) is 15.0 Å². The van der Waals surface area contributed by atoms with Crippen molar-refractivity contribution in [2.45, 2.75) is 40.3 Å². The van der Waals surface area contributed by atoms with Crippen LogP contribution in [0.1, 0.15) is 31.1 Å². The Labute approximate surface area is 188 Å². The average molecular weight is 509 g/mol. The van der Waals surface area contributed by atoms with Crippen LogP contribution in [-0.4, -0.2) is 48.3 Å². The van der Waals surface area contributed by atoms with Crippen LogP contribution in [0.3, 0.4) is 0 Å². The lowest BCUT2D eigenvalue weighted by atomic mass is 10.3. The molecule has 0 bridgehead atoms. The van der Waals surface area contributed by atoms with Gasteiger partial charge in [-0.05, 0) is 25.5 Å². The normalized spacial score (nSPS) is 11.2. The summed E-state index contributed by atoms with van der Waals surface area (Å²) in [6, 6.07) is 4.03. The zero-order chi connectivity index (χ0) is 19.8. The first-order chi connectivity index (χ1) is 13.7. The molecular formula is C19H28IN9. The van der Waals surface area contributed by atoms with E-state index in [0.29, 0.717) is 6.54 Å². The van der Waals surface area contributed by atoms with Crippen LogP contribution < -0.4 is 10.6 Å². The Hall–Kier alpha value is -2.50. The Morgan fingerprint density at radius 2 is 2.03 bits per heavy atom. The molecule has 0 radical (unpaired) electrons. The van der Waals surface area contributed by atoms with Gasteiger partial charge in [0.05, 0.1) is 6.54 Å². The van der Waals surface area contributed by atoms with E-state index in [9.17, 15) is 0 Å². The molecule has 0 fully saturated rings. The zero-order valence-electron chi connectivity index (χ0n) is 17.0. The summed E-state index contributed by atoms with van der Waals surface area (Å²) in [4.78, 5) is 13.4. The molecule has 9 nitrogen and oxygen atoms in total. The maximum Gasteiger partial charge on any atom is 0.191 e. The lowest BCUT2D eigenvalue weighted by Gasteiger charge is -2.12. The highest BCUT2D eigenvalue weighted by molar-refractivity contribution is 14.0. The standard InChI is InChI=1S/C19H27N9.HI/c1-4-17-26-25-14-27(17)10-8-22-19(20-5-2)24-13-16-6-7-18(23-12-16)28-11-9-21-15(28)3;/h6-7,9,11-12,14H,4-5,8,10,13H2,1-3H3,(H2,20,22,24);1H. The number of hydrogen-bond donors (Lipinski definition) is 2. The van der Waals surface area contributed by atoms with Gasteiger partial charge < -0.3 is 15.2 Å². The minimum Gasteiger partial charge on any atom is -0.357 e. The van der Waals surface area contributed by atoms with E-state index in [1.807, 2.05) is 36.0 Å². The molecule has 3 aromatic heterocycles. The van der Waals surface area contributed by atoms with Crippen molar-refractivity contribution in [2.75, 3.05) is 13.1 Å². The molecule has 29 heavy (non-hydrogen) atoms. The molecule has 0 aliphatic carbocycles. The molecular weight excluding hydrogens is 481 g/mol. The number of nitrogens with zero attached hydrogens (tertiary/aromatic N) is 7. The highest BCUT2D eigenvalue weighted by Crippen LogP contribution is 2.09. The van der Waals surface area contributed by atoms with E-state index in [1.165, 1.54) is 0 Å². The van der Waals surface area contributed by atoms with Gasteiger partial charge in [0.25, 0.3) is 0 Å². The number of nitrogens with one attached hydrogen (secondary N) is 2. The third-order valence-electron chi connectivity index (χ3n) is 4.30. The van der Waals surface area contributed by atoms with Crippen molar-refractivity contribution in [1.82, 2.24) is 39.9 Å². The van der Waals surface area contributed by atoms with E-state index in [-0.39, 0.29) is 24.0 Å². The number of aryl methyl sites for hydroxylation is 2. The number of pyridine rings is 1. The monoisotopic (exact) mass is 509 g/mol. The summed E-state index contributed by atoms with van der Waals surface area (Å²) in [5, 5.41) is 14.7. The van der Waals surface area contributed by atoms with Crippen LogP contribution in [0, 0.1) is 6.92 Å². The smallest absolute Gasteiger partial charge is 0.191 e. The van der Waals surface area contributed by atoms with E-state index < -0.39 is 0 Å². The Kier molecular flexibility index (Phi) is 9.03. The van der Waals surface area contributed by atoms with Crippen molar-refractivity contribution < 1.29 is 0 Å². The maximum absolute atomic E-state index is 4.65. The molecule has 0 aliphatic rings. The van der Waals surface area contributed by atoms with Gasteiger partial charge in [0.2, 0.25) is 0 Å². The van der Waals surface area contributed by atoms with E-state index in [0.717, 1.165) is 55.0 Å². The van der Waals surface area contributed by atoms with Crippen LogP contribution in [0.15, 0.2) is 42.0 Å². The predicted molar refractivity (Wildman–Crippen MR) is 124 cm³/mol. The van der Waals surface area contributed by atoms with E-state index >= 15 is 0 Å². The molecule has 0 aromatic carbocycles. The number of hydrogen-bond acceptors (Lipinski definition) is 5. The lowest BCUT2D eigenvalue weighted by Crippen LogP contribution is -2.38. The fraction of sp³-hybridized carbons (Fsp3) is 0.421. The number of aromatic nitrogens is 6. The molecule has 0 atom stereocenters. The quantitative estimate of drug-likeness (QED) is 0.274.